The van der Waals surface area contributed by atoms with Crippen LogP contribution in [0.3, 0.4) is 0 Å². The van der Waals surface area contributed by atoms with Crippen LogP contribution in [-0.4, -0.2) is 47.4 Å². The number of aryl methyl sites for hydroxylation is 1. The second-order valence-electron chi connectivity index (χ2n) is 5.67. The molecule has 1 aromatic carbocycles. The molecule has 0 spiro atoms. The smallest absolute Gasteiger partial charge is 0.245 e. The molecular weight excluding hydrogens is 338 g/mol. The van der Waals surface area contributed by atoms with Crippen LogP contribution < -0.4 is 9.47 Å². The lowest BCUT2D eigenvalue weighted by molar-refractivity contribution is 0.174. The van der Waals surface area contributed by atoms with Gasteiger partial charge in [0.05, 0.1) is 11.0 Å². The third-order valence-corrected chi connectivity index (χ3v) is 5.88. The SMILES string of the molecule is Cc1noc([C@H]2C[C@H](O)CN2S(=O)(=O)c2ccc3c(c2)OCO3)n1. The fourth-order valence-corrected chi connectivity index (χ4v) is 4.54. The van der Waals surface area contributed by atoms with Gasteiger partial charge in [-0.05, 0) is 19.1 Å². The maximum absolute atomic E-state index is 13.0. The van der Waals surface area contributed by atoms with E-state index in [-0.39, 0.29) is 30.5 Å². The van der Waals surface area contributed by atoms with Gasteiger partial charge >= 0.3 is 0 Å². The molecule has 0 bridgehead atoms. The van der Waals surface area contributed by atoms with Crippen molar-refractivity contribution in [2.45, 2.75) is 30.4 Å². The molecule has 2 aromatic rings. The summed E-state index contributed by atoms with van der Waals surface area (Å²) in [6.45, 7) is 1.67. The molecule has 2 aliphatic heterocycles. The number of fused-ring (bicyclic) bond motifs is 1. The van der Waals surface area contributed by atoms with Gasteiger partial charge in [0.2, 0.25) is 22.7 Å². The summed E-state index contributed by atoms with van der Waals surface area (Å²) in [4.78, 5) is 4.16. The van der Waals surface area contributed by atoms with E-state index in [4.69, 9.17) is 14.0 Å². The minimum Gasteiger partial charge on any atom is -0.454 e. The van der Waals surface area contributed by atoms with Crippen LogP contribution in [0.4, 0.5) is 0 Å². The molecule has 9 nitrogen and oxygen atoms in total. The molecule has 10 heteroatoms. The first kappa shape index (κ1) is 15.4. The van der Waals surface area contributed by atoms with Crippen LogP contribution >= 0.6 is 0 Å². The van der Waals surface area contributed by atoms with Crippen LogP contribution in [0.25, 0.3) is 0 Å². The van der Waals surface area contributed by atoms with E-state index in [0.717, 1.165) is 0 Å². The molecule has 0 unspecified atom stereocenters. The molecular formula is C14H15N3O6S. The molecule has 1 saturated heterocycles. The van der Waals surface area contributed by atoms with Gasteiger partial charge in [-0.1, -0.05) is 5.16 Å². The fourth-order valence-electron chi connectivity index (χ4n) is 2.90. The van der Waals surface area contributed by atoms with Gasteiger partial charge in [0, 0.05) is 19.0 Å². The standard InChI is InChI=1S/C14H15N3O6S/c1-8-15-14(23-16-8)11-4-9(18)6-17(11)24(19,20)10-2-3-12-13(5-10)22-7-21-12/h2-3,5,9,11,18H,4,6-7H2,1H3/t9-,11+/m0/s1. The minimum absolute atomic E-state index is 0.0388. The largest absolute Gasteiger partial charge is 0.454 e. The van der Waals surface area contributed by atoms with Crippen molar-refractivity contribution in [3.63, 3.8) is 0 Å². The van der Waals surface area contributed by atoms with Crippen molar-refractivity contribution in [3.05, 3.63) is 29.9 Å². The predicted octanol–water partition coefficient (Wildman–Crippen LogP) is 0.603. The Balaban J connectivity index is 1.72. The van der Waals surface area contributed by atoms with Gasteiger partial charge in [0.15, 0.2) is 17.3 Å². The van der Waals surface area contributed by atoms with Gasteiger partial charge in [0.25, 0.3) is 0 Å². The number of sulfonamides is 1. The molecule has 128 valence electrons. The van der Waals surface area contributed by atoms with Crippen molar-refractivity contribution in [1.82, 2.24) is 14.4 Å². The van der Waals surface area contributed by atoms with Crippen LogP contribution in [0.1, 0.15) is 24.2 Å². The normalized spacial score (nSPS) is 23.8. The topological polar surface area (TPSA) is 115 Å². The van der Waals surface area contributed by atoms with E-state index in [1.54, 1.807) is 13.0 Å². The third kappa shape index (κ3) is 2.43. The second-order valence-corrected chi connectivity index (χ2v) is 7.57. The van der Waals surface area contributed by atoms with Gasteiger partial charge in [0.1, 0.15) is 6.04 Å². The Bertz CT molecular complexity index is 880. The molecule has 1 N–H and O–H groups in total. The highest BCUT2D eigenvalue weighted by Crippen LogP contribution is 2.39. The highest BCUT2D eigenvalue weighted by molar-refractivity contribution is 7.89. The number of β-amino-alcohol motifs (C(OH)–C–C–N with tert-alkyl or cyclic N) is 1. The lowest BCUT2D eigenvalue weighted by atomic mass is 10.2. The maximum Gasteiger partial charge on any atom is 0.245 e. The number of rotatable bonds is 3. The molecule has 2 aliphatic rings. The first-order valence-corrected chi connectivity index (χ1v) is 8.79. The zero-order valence-corrected chi connectivity index (χ0v) is 13.6. The summed E-state index contributed by atoms with van der Waals surface area (Å²) in [7, 11) is -3.87. The Morgan fingerprint density at radius 1 is 1.29 bits per heavy atom. The number of ether oxygens (including phenoxy) is 2. The molecule has 0 aliphatic carbocycles. The predicted molar refractivity (Wildman–Crippen MR) is 78.9 cm³/mol. The van der Waals surface area contributed by atoms with E-state index in [0.29, 0.717) is 17.3 Å². The van der Waals surface area contributed by atoms with E-state index >= 15 is 0 Å². The Morgan fingerprint density at radius 2 is 2.08 bits per heavy atom. The molecule has 24 heavy (non-hydrogen) atoms. The first-order chi connectivity index (χ1) is 11.4. The number of benzene rings is 1. The average Bonchev–Trinajstić information content (AvgIpc) is 3.25. The van der Waals surface area contributed by atoms with Gasteiger partial charge in [-0.2, -0.15) is 9.29 Å². The molecule has 0 amide bonds. The molecule has 2 atom stereocenters. The zero-order chi connectivity index (χ0) is 16.9. The number of hydrogen-bond acceptors (Lipinski definition) is 8. The molecule has 1 fully saturated rings. The van der Waals surface area contributed by atoms with E-state index in [2.05, 4.69) is 10.1 Å². The maximum atomic E-state index is 13.0. The number of aromatic nitrogens is 2. The molecule has 1 aromatic heterocycles. The Labute approximate surface area is 137 Å². The van der Waals surface area contributed by atoms with Crippen molar-refractivity contribution < 1.29 is 27.5 Å². The van der Waals surface area contributed by atoms with Crippen LogP contribution in [0, 0.1) is 6.92 Å². The Morgan fingerprint density at radius 3 is 2.83 bits per heavy atom. The Kier molecular flexibility index (Phi) is 3.48. The highest BCUT2D eigenvalue weighted by Gasteiger charge is 2.43. The van der Waals surface area contributed by atoms with Crippen molar-refractivity contribution in [1.29, 1.82) is 0 Å². The molecule has 0 radical (unpaired) electrons. The first-order valence-electron chi connectivity index (χ1n) is 7.35. The summed E-state index contributed by atoms with van der Waals surface area (Å²) in [6.07, 6.45) is -0.600. The van der Waals surface area contributed by atoms with Crippen LogP contribution in [0.2, 0.25) is 0 Å². The average molecular weight is 353 g/mol. The summed E-state index contributed by atoms with van der Waals surface area (Å²) in [5, 5.41) is 13.7. The lowest BCUT2D eigenvalue weighted by Crippen LogP contribution is -2.32. The van der Waals surface area contributed by atoms with E-state index in [9.17, 15) is 13.5 Å². The van der Waals surface area contributed by atoms with Crippen LogP contribution in [-0.2, 0) is 10.0 Å². The van der Waals surface area contributed by atoms with Crippen LogP contribution in [0.15, 0.2) is 27.6 Å². The lowest BCUT2D eigenvalue weighted by Gasteiger charge is -2.21. The van der Waals surface area contributed by atoms with Crippen LogP contribution in [0.5, 0.6) is 11.5 Å². The fraction of sp³-hybridized carbons (Fsp3) is 0.429. The molecule has 3 heterocycles. The van der Waals surface area contributed by atoms with Crippen molar-refractivity contribution in [2.75, 3.05) is 13.3 Å². The summed E-state index contributed by atoms with van der Waals surface area (Å²) >= 11 is 0. The van der Waals surface area contributed by atoms with Crippen molar-refractivity contribution in [2.24, 2.45) is 0 Å². The summed E-state index contributed by atoms with van der Waals surface area (Å²) in [5.41, 5.74) is 0. The quantitative estimate of drug-likeness (QED) is 0.853. The summed E-state index contributed by atoms with van der Waals surface area (Å²) in [5.74, 6) is 1.46. The van der Waals surface area contributed by atoms with E-state index in [1.807, 2.05) is 0 Å². The highest BCUT2D eigenvalue weighted by atomic mass is 32.2. The van der Waals surface area contributed by atoms with Crippen molar-refractivity contribution in [3.8, 4) is 11.5 Å². The Hall–Kier alpha value is -2.17. The van der Waals surface area contributed by atoms with Gasteiger partial charge in [-0.25, -0.2) is 8.42 Å². The number of aliphatic hydroxyl groups excluding tert-OH is 1. The van der Waals surface area contributed by atoms with E-state index in [1.165, 1.54) is 16.4 Å². The molecule has 0 saturated carbocycles. The molecule has 4 rings (SSSR count). The summed E-state index contributed by atoms with van der Waals surface area (Å²) < 4.78 is 42.7. The summed E-state index contributed by atoms with van der Waals surface area (Å²) in [6, 6.07) is 3.71. The second kappa shape index (κ2) is 5.43. The number of aliphatic hydroxyl groups is 1. The van der Waals surface area contributed by atoms with Gasteiger partial charge in [-0.3, -0.25) is 0 Å². The van der Waals surface area contributed by atoms with Gasteiger partial charge in [-0.15, -0.1) is 0 Å². The van der Waals surface area contributed by atoms with Crippen molar-refractivity contribution >= 4 is 10.0 Å². The minimum atomic E-state index is -3.87. The van der Waals surface area contributed by atoms with E-state index < -0.39 is 22.2 Å². The van der Waals surface area contributed by atoms with Gasteiger partial charge < -0.3 is 19.1 Å². The monoisotopic (exact) mass is 353 g/mol. The number of hydrogen-bond donors (Lipinski definition) is 1. The zero-order valence-electron chi connectivity index (χ0n) is 12.7. The third-order valence-electron chi connectivity index (χ3n) is 4.01. The number of nitrogens with zero attached hydrogens (tertiary/aromatic N) is 3.